The highest BCUT2D eigenvalue weighted by molar-refractivity contribution is 6.00. The van der Waals surface area contributed by atoms with E-state index in [1.807, 2.05) is 17.0 Å². The highest BCUT2D eigenvalue weighted by Crippen LogP contribution is 2.42. The summed E-state index contributed by atoms with van der Waals surface area (Å²) < 4.78 is 16.5. The van der Waals surface area contributed by atoms with Crippen molar-refractivity contribution in [2.24, 2.45) is 5.92 Å². The second-order valence-electron chi connectivity index (χ2n) is 9.84. The average Bonchev–Trinajstić information content (AvgIpc) is 3.27. The number of hydrogen-bond donors (Lipinski definition) is 1. The summed E-state index contributed by atoms with van der Waals surface area (Å²) in [5.74, 6) is 2.49. The number of carbonyl (C=O) groups is 2. The minimum Gasteiger partial charge on any atom is -0.493 e. The Labute approximate surface area is 196 Å². The van der Waals surface area contributed by atoms with Crippen molar-refractivity contribution in [3.05, 3.63) is 17.7 Å². The average molecular weight is 460 g/mol. The molecule has 8 heteroatoms. The Bertz CT molecular complexity index is 879. The summed E-state index contributed by atoms with van der Waals surface area (Å²) in [6, 6.07) is 3.58. The molecule has 3 aliphatic heterocycles. The molecule has 1 unspecified atom stereocenters. The first kappa shape index (κ1) is 23.7. The van der Waals surface area contributed by atoms with Crippen molar-refractivity contribution in [3.8, 4) is 17.2 Å². The van der Waals surface area contributed by atoms with Crippen LogP contribution in [0.15, 0.2) is 12.1 Å². The van der Waals surface area contributed by atoms with Gasteiger partial charge in [-0.3, -0.25) is 14.5 Å². The lowest BCUT2D eigenvalue weighted by atomic mass is 9.80. The molecule has 182 valence electrons. The van der Waals surface area contributed by atoms with E-state index in [0.29, 0.717) is 49.0 Å². The third-order valence-electron chi connectivity index (χ3n) is 7.06. The lowest BCUT2D eigenvalue weighted by Crippen LogP contribution is -2.73. The van der Waals surface area contributed by atoms with Crippen molar-refractivity contribution in [2.75, 3.05) is 33.5 Å². The lowest BCUT2D eigenvalue weighted by Gasteiger charge is -2.52. The van der Waals surface area contributed by atoms with Gasteiger partial charge in [-0.2, -0.15) is 0 Å². The molecule has 8 nitrogen and oxygen atoms in total. The molecule has 1 spiro atoms. The number of benzene rings is 1. The van der Waals surface area contributed by atoms with Crippen LogP contribution in [0.4, 0.5) is 0 Å². The van der Waals surface area contributed by atoms with E-state index in [4.69, 9.17) is 14.2 Å². The minimum atomic E-state index is -0.733. The van der Waals surface area contributed by atoms with Gasteiger partial charge in [0, 0.05) is 26.2 Å². The van der Waals surface area contributed by atoms with E-state index in [2.05, 4.69) is 31.0 Å². The number of nitrogens with one attached hydrogen (secondary N) is 1. The topological polar surface area (TPSA) is 80.3 Å². The van der Waals surface area contributed by atoms with Gasteiger partial charge in [0.05, 0.1) is 7.11 Å². The molecular weight excluding hydrogens is 422 g/mol. The van der Waals surface area contributed by atoms with Gasteiger partial charge >= 0.3 is 0 Å². The fraction of sp³-hybridized carbons (Fsp3) is 0.680. The highest BCUT2D eigenvalue weighted by Gasteiger charge is 2.53. The maximum absolute atomic E-state index is 13.4. The van der Waals surface area contributed by atoms with Gasteiger partial charge in [0.15, 0.2) is 11.5 Å². The number of unbranched alkanes of at least 4 members (excludes halogenated alkanes) is 1. The van der Waals surface area contributed by atoms with Gasteiger partial charge in [-0.15, -0.1) is 0 Å². The number of piperidine rings is 1. The van der Waals surface area contributed by atoms with Crippen LogP contribution in [0.2, 0.25) is 0 Å². The highest BCUT2D eigenvalue weighted by atomic mass is 16.7. The van der Waals surface area contributed by atoms with E-state index in [-0.39, 0.29) is 18.6 Å². The van der Waals surface area contributed by atoms with Crippen LogP contribution in [0.3, 0.4) is 0 Å². The van der Waals surface area contributed by atoms with Gasteiger partial charge in [-0.25, -0.2) is 0 Å². The molecule has 1 aromatic rings. The zero-order valence-electron chi connectivity index (χ0n) is 20.3. The smallest absolute Gasteiger partial charge is 0.246 e. The summed E-state index contributed by atoms with van der Waals surface area (Å²) in [6.45, 7) is 9.36. The number of methoxy groups -OCH3 is 1. The first-order valence-corrected chi connectivity index (χ1v) is 12.2. The zero-order chi connectivity index (χ0) is 23.6. The molecule has 0 saturated carbocycles. The summed E-state index contributed by atoms with van der Waals surface area (Å²) in [5.41, 5.74) is 0.346. The predicted molar refractivity (Wildman–Crippen MR) is 124 cm³/mol. The summed E-state index contributed by atoms with van der Waals surface area (Å²) in [6.07, 6.45) is 3.88. The molecule has 0 aromatic heterocycles. The van der Waals surface area contributed by atoms with Crippen LogP contribution in [-0.2, 0) is 16.1 Å². The zero-order valence-corrected chi connectivity index (χ0v) is 20.3. The third kappa shape index (κ3) is 4.63. The Morgan fingerprint density at radius 3 is 2.64 bits per heavy atom. The quantitative estimate of drug-likeness (QED) is 0.644. The van der Waals surface area contributed by atoms with E-state index in [1.165, 1.54) is 0 Å². The maximum Gasteiger partial charge on any atom is 0.246 e. The van der Waals surface area contributed by atoms with E-state index in [9.17, 15) is 9.59 Å². The van der Waals surface area contributed by atoms with Crippen molar-refractivity contribution in [2.45, 2.75) is 71.0 Å². The maximum atomic E-state index is 13.4. The third-order valence-corrected chi connectivity index (χ3v) is 7.06. The van der Waals surface area contributed by atoms with Crippen LogP contribution in [0, 0.1) is 5.92 Å². The fourth-order valence-electron chi connectivity index (χ4n) is 5.26. The molecule has 1 N–H and O–H groups in total. The SMILES string of the molecule is CCCCN1C(=O)C(CC(C)C)NC(=O)C12CCN(Cc1cc(OC)c3c(c1)OCO3)CC2. The molecule has 0 radical (unpaired) electrons. The Balaban J connectivity index is 1.47. The molecule has 3 aliphatic rings. The van der Waals surface area contributed by atoms with E-state index in [0.717, 1.165) is 38.0 Å². The predicted octanol–water partition coefficient (Wildman–Crippen LogP) is 2.93. The van der Waals surface area contributed by atoms with Crippen LogP contribution >= 0.6 is 0 Å². The largest absolute Gasteiger partial charge is 0.493 e. The number of amides is 2. The molecular formula is C25H37N3O5. The van der Waals surface area contributed by atoms with Gasteiger partial charge in [0.2, 0.25) is 24.4 Å². The van der Waals surface area contributed by atoms with Crippen molar-refractivity contribution in [3.63, 3.8) is 0 Å². The first-order chi connectivity index (χ1) is 15.9. The van der Waals surface area contributed by atoms with Crippen molar-refractivity contribution < 1.29 is 23.8 Å². The molecule has 4 rings (SSSR count). The van der Waals surface area contributed by atoms with Crippen molar-refractivity contribution in [1.82, 2.24) is 15.1 Å². The van der Waals surface area contributed by atoms with Crippen molar-refractivity contribution >= 4 is 11.8 Å². The minimum absolute atomic E-state index is 0.0215. The van der Waals surface area contributed by atoms with Crippen LogP contribution in [0.5, 0.6) is 17.2 Å². The first-order valence-electron chi connectivity index (χ1n) is 12.2. The molecule has 0 bridgehead atoms. The van der Waals surface area contributed by atoms with Crippen LogP contribution < -0.4 is 19.5 Å². The Kier molecular flexibility index (Phi) is 7.02. The molecule has 2 fully saturated rings. The Morgan fingerprint density at radius 2 is 1.97 bits per heavy atom. The molecule has 1 atom stereocenters. The molecule has 0 aliphatic carbocycles. The standard InChI is InChI=1S/C25H37N3O5/c1-5-6-9-28-23(29)19(12-17(2)3)26-24(30)25(28)7-10-27(11-8-25)15-18-13-20(31-4)22-21(14-18)32-16-33-22/h13-14,17,19H,5-12,15-16H2,1-4H3,(H,26,30). The van der Waals surface area contributed by atoms with Gasteiger partial charge in [0.1, 0.15) is 11.6 Å². The number of nitrogens with zero attached hydrogens (tertiary/aromatic N) is 2. The second kappa shape index (κ2) is 9.79. The molecule has 2 amide bonds. The number of fused-ring (bicyclic) bond motifs is 1. The van der Waals surface area contributed by atoms with Crippen LogP contribution in [-0.4, -0.2) is 66.7 Å². The van der Waals surface area contributed by atoms with Crippen LogP contribution in [0.1, 0.15) is 58.4 Å². The summed E-state index contributed by atoms with van der Waals surface area (Å²) in [4.78, 5) is 31.0. The number of rotatable bonds is 8. The Morgan fingerprint density at radius 1 is 1.21 bits per heavy atom. The van der Waals surface area contributed by atoms with Gasteiger partial charge in [-0.1, -0.05) is 27.2 Å². The van der Waals surface area contributed by atoms with E-state index in [1.54, 1.807) is 7.11 Å². The summed E-state index contributed by atoms with van der Waals surface area (Å²) in [7, 11) is 1.63. The Hall–Kier alpha value is -2.48. The lowest BCUT2D eigenvalue weighted by molar-refractivity contribution is -0.161. The van der Waals surface area contributed by atoms with Gasteiger partial charge in [-0.05, 0) is 49.3 Å². The number of likely N-dealkylation sites (tertiary alicyclic amines) is 1. The number of ether oxygens (including phenoxy) is 3. The number of hydrogen-bond acceptors (Lipinski definition) is 6. The van der Waals surface area contributed by atoms with Gasteiger partial charge < -0.3 is 24.4 Å². The van der Waals surface area contributed by atoms with E-state index < -0.39 is 11.6 Å². The van der Waals surface area contributed by atoms with Crippen molar-refractivity contribution in [1.29, 1.82) is 0 Å². The molecule has 33 heavy (non-hydrogen) atoms. The summed E-state index contributed by atoms with van der Waals surface area (Å²) in [5, 5.41) is 3.08. The van der Waals surface area contributed by atoms with Crippen LogP contribution in [0.25, 0.3) is 0 Å². The fourth-order valence-corrected chi connectivity index (χ4v) is 5.26. The number of carbonyl (C=O) groups excluding carboxylic acids is 2. The number of piperazine rings is 1. The monoisotopic (exact) mass is 459 g/mol. The van der Waals surface area contributed by atoms with E-state index >= 15 is 0 Å². The van der Waals surface area contributed by atoms with Gasteiger partial charge in [0.25, 0.3) is 0 Å². The molecule has 3 heterocycles. The normalized spacial score (nSPS) is 22.2. The molecule has 1 aromatic carbocycles. The second-order valence-corrected chi connectivity index (χ2v) is 9.84. The molecule has 2 saturated heterocycles. The summed E-state index contributed by atoms with van der Waals surface area (Å²) >= 11 is 0.